The molecule has 3 rings (SSSR count). The Morgan fingerprint density at radius 3 is 2.59 bits per heavy atom. The van der Waals surface area contributed by atoms with Crippen LogP contribution in [0.15, 0.2) is 30.3 Å². The van der Waals surface area contributed by atoms with Gasteiger partial charge in [-0.1, -0.05) is 6.07 Å². The summed E-state index contributed by atoms with van der Waals surface area (Å²) in [7, 11) is 5.40. The molecule has 0 aliphatic carbocycles. The number of rotatable bonds is 4. The van der Waals surface area contributed by atoms with E-state index < -0.39 is 0 Å². The molecule has 154 valence electrons. The normalized spacial score (nSPS) is 17.1. The van der Waals surface area contributed by atoms with Crippen LogP contribution in [0.3, 0.4) is 0 Å². The molecule has 8 heteroatoms. The summed E-state index contributed by atoms with van der Waals surface area (Å²) >= 11 is 0. The number of hydrogen-bond donors (Lipinski definition) is 1. The van der Waals surface area contributed by atoms with E-state index in [9.17, 15) is 9.59 Å². The zero-order valence-electron chi connectivity index (χ0n) is 17.6. The number of piperazine rings is 1. The van der Waals surface area contributed by atoms with Crippen LogP contribution in [0, 0.1) is 13.8 Å². The Morgan fingerprint density at radius 1 is 1.14 bits per heavy atom. The summed E-state index contributed by atoms with van der Waals surface area (Å²) in [5.41, 5.74) is 2.24. The molecule has 1 aliphatic heterocycles. The number of nitrogens with zero attached hydrogens (tertiary/aromatic N) is 5. The highest BCUT2D eigenvalue weighted by atomic mass is 16.2. The molecule has 1 aromatic heterocycles. The Kier molecular flexibility index (Phi) is 6.12. The van der Waals surface area contributed by atoms with E-state index in [4.69, 9.17) is 0 Å². The fourth-order valence-electron chi connectivity index (χ4n) is 3.46. The van der Waals surface area contributed by atoms with Gasteiger partial charge in [0.1, 0.15) is 17.7 Å². The summed E-state index contributed by atoms with van der Waals surface area (Å²) in [6.45, 7) is 5.39. The molecule has 8 nitrogen and oxygen atoms in total. The van der Waals surface area contributed by atoms with Gasteiger partial charge in [0.05, 0.1) is 0 Å². The highest BCUT2D eigenvalue weighted by Crippen LogP contribution is 2.19. The number of hydrogen-bond acceptors (Lipinski definition) is 6. The number of carbonyl (C=O) groups is 2. The predicted molar refractivity (Wildman–Crippen MR) is 112 cm³/mol. The Labute approximate surface area is 171 Å². The lowest BCUT2D eigenvalue weighted by Gasteiger charge is -2.39. The summed E-state index contributed by atoms with van der Waals surface area (Å²) in [6, 6.07) is 8.89. The van der Waals surface area contributed by atoms with Gasteiger partial charge in [0.15, 0.2) is 0 Å². The highest BCUT2D eigenvalue weighted by molar-refractivity contribution is 5.96. The molecule has 1 aliphatic rings. The van der Waals surface area contributed by atoms with Gasteiger partial charge < -0.3 is 15.1 Å². The van der Waals surface area contributed by atoms with Crippen molar-refractivity contribution in [1.29, 1.82) is 0 Å². The largest absolute Gasteiger partial charge is 0.347 e. The number of aromatic nitrogens is 2. The molecule has 1 atom stereocenters. The van der Waals surface area contributed by atoms with E-state index in [0.29, 0.717) is 36.8 Å². The molecule has 0 spiro atoms. The molecular formula is C21H28N6O2. The van der Waals surface area contributed by atoms with Gasteiger partial charge in [-0.25, -0.2) is 9.97 Å². The predicted octanol–water partition coefficient (Wildman–Crippen LogP) is 1.68. The van der Waals surface area contributed by atoms with Crippen molar-refractivity contribution in [3.63, 3.8) is 0 Å². The van der Waals surface area contributed by atoms with Gasteiger partial charge in [0.25, 0.3) is 5.91 Å². The van der Waals surface area contributed by atoms with Crippen molar-refractivity contribution in [3.8, 4) is 0 Å². The molecule has 0 unspecified atom stereocenters. The Balaban J connectivity index is 1.76. The zero-order chi connectivity index (χ0) is 21.1. The topological polar surface area (TPSA) is 81.7 Å². The van der Waals surface area contributed by atoms with Gasteiger partial charge in [-0.3, -0.25) is 14.5 Å². The van der Waals surface area contributed by atoms with Crippen molar-refractivity contribution in [2.45, 2.75) is 19.9 Å². The second-order valence-corrected chi connectivity index (χ2v) is 7.63. The molecule has 0 saturated carbocycles. The van der Waals surface area contributed by atoms with Crippen molar-refractivity contribution in [2.24, 2.45) is 0 Å². The SMILES string of the molecule is Cc1cc(Nc2cccc(C(=O)N3CCN(C)[C@H](C(=O)N(C)C)C3)c2)nc(C)n1. The van der Waals surface area contributed by atoms with Gasteiger partial charge in [0, 0.05) is 56.7 Å². The van der Waals surface area contributed by atoms with Crippen LogP contribution in [0.25, 0.3) is 0 Å². The fraction of sp³-hybridized carbons (Fsp3) is 0.429. The molecule has 1 N–H and O–H groups in total. The lowest BCUT2D eigenvalue weighted by Crippen LogP contribution is -2.58. The van der Waals surface area contributed by atoms with E-state index in [1.165, 1.54) is 0 Å². The third kappa shape index (κ3) is 4.89. The number of anilines is 2. The minimum absolute atomic E-state index is 0.00918. The number of nitrogens with one attached hydrogen (secondary N) is 1. The average Bonchev–Trinajstić information content (AvgIpc) is 2.66. The van der Waals surface area contributed by atoms with Crippen LogP contribution in [0.2, 0.25) is 0 Å². The molecule has 2 amide bonds. The maximum atomic E-state index is 13.1. The van der Waals surface area contributed by atoms with Crippen LogP contribution in [0.5, 0.6) is 0 Å². The third-order valence-electron chi connectivity index (χ3n) is 5.01. The summed E-state index contributed by atoms with van der Waals surface area (Å²) in [6.07, 6.45) is 0. The monoisotopic (exact) mass is 396 g/mol. The molecule has 0 radical (unpaired) electrons. The summed E-state index contributed by atoms with van der Waals surface area (Å²) in [5.74, 6) is 1.31. The molecule has 2 aromatic rings. The smallest absolute Gasteiger partial charge is 0.254 e. The van der Waals surface area contributed by atoms with Crippen molar-refractivity contribution in [3.05, 3.63) is 47.4 Å². The molecule has 1 fully saturated rings. The van der Waals surface area contributed by atoms with Crippen molar-refractivity contribution >= 4 is 23.3 Å². The van der Waals surface area contributed by atoms with Crippen molar-refractivity contribution < 1.29 is 9.59 Å². The van der Waals surface area contributed by atoms with E-state index in [1.54, 1.807) is 30.0 Å². The third-order valence-corrected chi connectivity index (χ3v) is 5.01. The fourth-order valence-corrected chi connectivity index (χ4v) is 3.46. The second kappa shape index (κ2) is 8.57. The maximum Gasteiger partial charge on any atom is 0.254 e. The van der Waals surface area contributed by atoms with Crippen LogP contribution < -0.4 is 5.32 Å². The summed E-state index contributed by atoms with van der Waals surface area (Å²) in [4.78, 5) is 39.5. The molecule has 1 aromatic carbocycles. The lowest BCUT2D eigenvalue weighted by atomic mass is 10.1. The first-order chi connectivity index (χ1) is 13.7. The number of amides is 2. The maximum absolute atomic E-state index is 13.1. The summed E-state index contributed by atoms with van der Waals surface area (Å²) < 4.78 is 0. The number of benzene rings is 1. The molecule has 1 saturated heterocycles. The van der Waals surface area contributed by atoms with Crippen LogP contribution >= 0.6 is 0 Å². The zero-order valence-corrected chi connectivity index (χ0v) is 17.6. The Bertz CT molecular complexity index is 894. The molecular weight excluding hydrogens is 368 g/mol. The van der Waals surface area contributed by atoms with Crippen molar-refractivity contribution in [1.82, 2.24) is 24.7 Å². The average molecular weight is 396 g/mol. The van der Waals surface area contributed by atoms with E-state index >= 15 is 0 Å². The number of aryl methyl sites for hydroxylation is 2. The standard InChI is InChI=1S/C21H28N6O2/c1-14-11-19(23-15(2)22-14)24-17-8-6-7-16(12-17)20(28)27-10-9-26(5)18(13-27)21(29)25(3)4/h6-8,11-12,18H,9-10,13H2,1-5H3,(H,22,23,24)/t18-/m0/s1. The quantitative estimate of drug-likeness (QED) is 0.847. The van der Waals surface area contributed by atoms with Crippen LogP contribution in [-0.4, -0.2) is 83.3 Å². The minimum atomic E-state index is -0.323. The van der Waals surface area contributed by atoms with Gasteiger partial charge in [0.2, 0.25) is 5.91 Å². The molecule has 29 heavy (non-hydrogen) atoms. The van der Waals surface area contributed by atoms with Gasteiger partial charge in [-0.15, -0.1) is 0 Å². The van der Waals surface area contributed by atoms with Gasteiger partial charge >= 0.3 is 0 Å². The highest BCUT2D eigenvalue weighted by Gasteiger charge is 2.33. The van der Waals surface area contributed by atoms with Crippen LogP contribution in [-0.2, 0) is 4.79 Å². The van der Waals surface area contributed by atoms with Crippen molar-refractivity contribution in [2.75, 3.05) is 46.1 Å². The molecule has 0 bridgehead atoms. The Morgan fingerprint density at radius 2 is 1.90 bits per heavy atom. The van der Waals surface area contributed by atoms with E-state index in [0.717, 1.165) is 11.4 Å². The first-order valence-electron chi connectivity index (χ1n) is 9.64. The lowest BCUT2D eigenvalue weighted by molar-refractivity contribution is -0.135. The van der Waals surface area contributed by atoms with Crippen LogP contribution in [0.1, 0.15) is 21.9 Å². The van der Waals surface area contributed by atoms with E-state index in [-0.39, 0.29) is 17.9 Å². The summed E-state index contributed by atoms with van der Waals surface area (Å²) in [5, 5.41) is 3.24. The molecule has 2 heterocycles. The van der Waals surface area contributed by atoms with Gasteiger partial charge in [-0.2, -0.15) is 0 Å². The second-order valence-electron chi connectivity index (χ2n) is 7.63. The number of likely N-dealkylation sites (N-methyl/N-ethyl adjacent to an activating group) is 2. The van der Waals surface area contributed by atoms with Crippen LogP contribution in [0.4, 0.5) is 11.5 Å². The first-order valence-corrected chi connectivity index (χ1v) is 9.64. The minimum Gasteiger partial charge on any atom is -0.347 e. The van der Waals surface area contributed by atoms with E-state index in [1.807, 2.05) is 50.1 Å². The number of carbonyl (C=O) groups excluding carboxylic acids is 2. The first kappa shape index (κ1) is 20.7. The van der Waals surface area contributed by atoms with E-state index in [2.05, 4.69) is 15.3 Å². The Hall–Kier alpha value is -3.00. The van der Waals surface area contributed by atoms with Gasteiger partial charge in [-0.05, 0) is 39.1 Å².